The summed E-state index contributed by atoms with van der Waals surface area (Å²) in [6.45, 7) is 0. The average Bonchev–Trinajstić information content (AvgIpc) is 4.07. The van der Waals surface area contributed by atoms with Gasteiger partial charge in [-0.15, -0.1) is 10.2 Å². The van der Waals surface area contributed by atoms with Crippen LogP contribution in [0, 0.1) is 0 Å². The van der Waals surface area contributed by atoms with Crippen molar-refractivity contribution in [1.82, 2.24) is 15.0 Å². The maximum atomic E-state index is 5.12. The van der Waals surface area contributed by atoms with Gasteiger partial charge in [-0.25, -0.2) is 0 Å². The molecule has 254 valence electrons. The molecule has 3 heteroatoms. The molecule has 0 radical (unpaired) electrons. The van der Waals surface area contributed by atoms with E-state index in [1.54, 1.807) is 0 Å². The first-order chi connectivity index (χ1) is 26.2. The van der Waals surface area contributed by atoms with Crippen LogP contribution in [0.15, 0.2) is 140 Å². The SMILES string of the molecule is c1ccc2c(c1)-c1ccc(-c3ccc(-n4nc5cc(-c6ccc7c(c6)C6(CCCC6)c6ccccc6-7)c6ccccc6c5n4)cc3)cc1C21CCCC1. The Morgan fingerprint density at radius 3 is 1.55 bits per heavy atom. The van der Waals surface area contributed by atoms with Crippen molar-refractivity contribution in [1.29, 1.82) is 0 Å². The van der Waals surface area contributed by atoms with E-state index < -0.39 is 0 Å². The number of fused-ring (bicyclic) bond motifs is 13. The minimum atomic E-state index is 0.139. The quantitative estimate of drug-likeness (QED) is 0.186. The molecule has 0 saturated heterocycles. The van der Waals surface area contributed by atoms with E-state index in [9.17, 15) is 0 Å². The van der Waals surface area contributed by atoms with Crippen LogP contribution in [-0.4, -0.2) is 15.0 Å². The molecule has 0 unspecified atom stereocenters. The molecule has 0 bridgehead atoms. The van der Waals surface area contributed by atoms with Crippen LogP contribution < -0.4 is 0 Å². The molecule has 12 rings (SSSR count). The van der Waals surface area contributed by atoms with Gasteiger partial charge in [0.15, 0.2) is 0 Å². The molecular formula is C50H39N3. The Labute approximate surface area is 310 Å². The Kier molecular flexibility index (Phi) is 6.10. The standard InChI is InChI=1S/C50H39N3/c1-2-14-41-36(11-1)42(34-20-24-40-38-13-4-6-16-44(38)50(46(40)30-34)27-9-10-28-50)31-47-48(41)52-53(51-47)35-21-17-32(18-22-35)33-19-23-39-37-12-3-5-15-43(37)49(45(39)29-33)25-7-8-26-49/h1-6,11-24,29-31H,7-10,25-28H2. The molecular weight excluding hydrogens is 643 g/mol. The van der Waals surface area contributed by atoms with Gasteiger partial charge in [-0.1, -0.05) is 135 Å². The summed E-state index contributed by atoms with van der Waals surface area (Å²) in [6.07, 6.45) is 10.1. The number of benzene rings is 7. The zero-order valence-corrected chi connectivity index (χ0v) is 29.8. The topological polar surface area (TPSA) is 30.7 Å². The minimum Gasteiger partial charge on any atom is -0.150 e. The lowest BCUT2D eigenvalue weighted by Gasteiger charge is -2.27. The second-order valence-electron chi connectivity index (χ2n) is 16.1. The predicted molar refractivity (Wildman–Crippen MR) is 217 cm³/mol. The number of rotatable bonds is 3. The average molecular weight is 682 g/mol. The first-order valence-corrected chi connectivity index (χ1v) is 19.6. The summed E-state index contributed by atoms with van der Waals surface area (Å²) in [5, 5.41) is 12.6. The van der Waals surface area contributed by atoms with Crippen LogP contribution >= 0.6 is 0 Å². The third kappa shape index (κ3) is 4.05. The molecule has 1 aromatic heterocycles. The van der Waals surface area contributed by atoms with Crippen LogP contribution in [0.25, 0.3) is 72.0 Å². The van der Waals surface area contributed by atoms with E-state index in [-0.39, 0.29) is 10.8 Å². The number of nitrogens with zero attached hydrogens (tertiary/aromatic N) is 3. The summed E-state index contributed by atoms with van der Waals surface area (Å²) in [5.41, 5.74) is 19.9. The van der Waals surface area contributed by atoms with Gasteiger partial charge < -0.3 is 0 Å². The molecule has 1 heterocycles. The van der Waals surface area contributed by atoms with Crippen LogP contribution in [0.4, 0.5) is 0 Å². The minimum absolute atomic E-state index is 0.139. The highest BCUT2D eigenvalue weighted by molar-refractivity contribution is 6.11. The van der Waals surface area contributed by atoms with Gasteiger partial charge in [-0.3, -0.25) is 0 Å². The molecule has 2 fully saturated rings. The van der Waals surface area contributed by atoms with Crippen molar-refractivity contribution in [2.24, 2.45) is 0 Å². The van der Waals surface area contributed by atoms with E-state index in [4.69, 9.17) is 10.2 Å². The number of hydrogen-bond donors (Lipinski definition) is 0. The lowest BCUT2D eigenvalue weighted by molar-refractivity contribution is 0.550. The van der Waals surface area contributed by atoms with E-state index in [1.807, 2.05) is 4.80 Å². The molecule has 2 spiro atoms. The third-order valence-corrected chi connectivity index (χ3v) is 13.6. The summed E-state index contributed by atoms with van der Waals surface area (Å²) >= 11 is 0. The van der Waals surface area contributed by atoms with Crippen molar-refractivity contribution in [3.8, 4) is 50.2 Å². The Bertz CT molecular complexity index is 2790. The van der Waals surface area contributed by atoms with Crippen molar-refractivity contribution < 1.29 is 0 Å². The predicted octanol–water partition coefficient (Wildman–Crippen LogP) is 12.6. The second kappa shape index (κ2) is 10.9. The molecule has 0 aliphatic heterocycles. The van der Waals surface area contributed by atoms with Crippen LogP contribution in [0.3, 0.4) is 0 Å². The molecule has 53 heavy (non-hydrogen) atoms. The van der Waals surface area contributed by atoms with E-state index in [0.717, 1.165) is 22.1 Å². The fraction of sp³-hybridized carbons (Fsp3) is 0.200. The summed E-state index contributed by atoms with van der Waals surface area (Å²) in [7, 11) is 0. The Balaban J connectivity index is 0.927. The van der Waals surface area contributed by atoms with E-state index in [0.29, 0.717) is 0 Å². The van der Waals surface area contributed by atoms with Gasteiger partial charge in [-0.2, -0.15) is 4.80 Å². The molecule has 0 amide bonds. The Morgan fingerprint density at radius 2 is 0.906 bits per heavy atom. The molecule has 0 atom stereocenters. The number of aromatic nitrogens is 3. The molecule has 4 aliphatic rings. The largest absolute Gasteiger partial charge is 0.150 e. The lowest BCUT2D eigenvalue weighted by Crippen LogP contribution is -2.20. The number of hydrogen-bond acceptors (Lipinski definition) is 2. The molecule has 8 aromatic rings. The molecule has 3 nitrogen and oxygen atoms in total. The third-order valence-electron chi connectivity index (χ3n) is 13.6. The molecule has 4 aliphatic carbocycles. The first-order valence-electron chi connectivity index (χ1n) is 19.6. The molecule has 2 saturated carbocycles. The van der Waals surface area contributed by atoms with Crippen molar-refractivity contribution in [3.05, 3.63) is 162 Å². The lowest BCUT2D eigenvalue weighted by atomic mass is 9.76. The van der Waals surface area contributed by atoms with Gasteiger partial charge in [0.1, 0.15) is 11.0 Å². The highest BCUT2D eigenvalue weighted by Crippen LogP contribution is 2.59. The fourth-order valence-corrected chi connectivity index (χ4v) is 11.2. The van der Waals surface area contributed by atoms with Crippen LogP contribution in [0.2, 0.25) is 0 Å². The highest BCUT2D eigenvalue weighted by Gasteiger charge is 2.46. The van der Waals surface area contributed by atoms with Crippen LogP contribution in [0.5, 0.6) is 0 Å². The summed E-state index contributed by atoms with van der Waals surface area (Å²) in [5.74, 6) is 0. The maximum Gasteiger partial charge on any atom is 0.121 e. The monoisotopic (exact) mass is 681 g/mol. The molecule has 7 aromatic carbocycles. The van der Waals surface area contributed by atoms with Gasteiger partial charge in [0.05, 0.1) is 5.69 Å². The van der Waals surface area contributed by atoms with Crippen LogP contribution in [0.1, 0.15) is 73.6 Å². The van der Waals surface area contributed by atoms with Crippen molar-refractivity contribution in [3.63, 3.8) is 0 Å². The van der Waals surface area contributed by atoms with E-state index in [2.05, 4.69) is 140 Å². The summed E-state index contributed by atoms with van der Waals surface area (Å²) in [6, 6.07) is 52.4. The molecule has 0 N–H and O–H groups in total. The second-order valence-corrected chi connectivity index (χ2v) is 16.1. The Hall–Kier alpha value is -5.80. The zero-order valence-electron chi connectivity index (χ0n) is 29.8. The van der Waals surface area contributed by atoms with Gasteiger partial charge in [0, 0.05) is 16.2 Å². The highest BCUT2D eigenvalue weighted by atomic mass is 15.5. The zero-order chi connectivity index (χ0) is 34.7. The van der Waals surface area contributed by atoms with Crippen molar-refractivity contribution in [2.75, 3.05) is 0 Å². The fourth-order valence-electron chi connectivity index (χ4n) is 11.2. The smallest absolute Gasteiger partial charge is 0.121 e. The van der Waals surface area contributed by atoms with Crippen LogP contribution in [-0.2, 0) is 10.8 Å². The van der Waals surface area contributed by atoms with Gasteiger partial charge >= 0.3 is 0 Å². The maximum absolute atomic E-state index is 5.12. The van der Waals surface area contributed by atoms with Crippen molar-refractivity contribution in [2.45, 2.75) is 62.2 Å². The van der Waals surface area contributed by atoms with Gasteiger partial charge in [0.25, 0.3) is 0 Å². The summed E-state index contributed by atoms with van der Waals surface area (Å²) < 4.78 is 0. The van der Waals surface area contributed by atoms with Crippen molar-refractivity contribution >= 4 is 21.8 Å². The van der Waals surface area contributed by atoms with E-state index in [1.165, 1.54) is 124 Å². The normalized spacial score (nSPS) is 17.1. The van der Waals surface area contributed by atoms with Gasteiger partial charge in [-0.05, 0) is 128 Å². The van der Waals surface area contributed by atoms with Gasteiger partial charge in [0.2, 0.25) is 0 Å². The first kappa shape index (κ1) is 29.7. The van der Waals surface area contributed by atoms with E-state index >= 15 is 0 Å². The summed E-state index contributed by atoms with van der Waals surface area (Å²) in [4.78, 5) is 1.82. The Morgan fingerprint density at radius 1 is 0.396 bits per heavy atom.